The van der Waals surface area contributed by atoms with E-state index in [1.54, 1.807) is 0 Å². The Morgan fingerprint density at radius 1 is 1.29 bits per heavy atom. The van der Waals surface area contributed by atoms with E-state index in [2.05, 4.69) is 22.1 Å². The molecule has 2 aliphatic heterocycles. The highest BCUT2D eigenvalue weighted by Gasteiger charge is 2.37. The van der Waals surface area contributed by atoms with Crippen LogP contribution in [0.1, 0.15) is 35.2 Å². The third kappa shape index (κ3) is 3.10. The van der Waals surface area contributed by atoms with Crippen molar-refractivity contribution in [3.8, 4) is 11.8 Å². The molecule has 2 heterocycles. The number of hydrogen-bond donors (Lipinski definition) is 2. The van der Waals surface area contributed by atoms with Gasteiger partial charge in [0, 0.05) is 29.8 Å². The molecule has 2 saturated heterocycles. The summed E-state index contributed by atoms with van der Waals surface area (Å²) in [6.45, 7) is 2.65. The average molecular weight is 283 g/mol. The number of benzene rings is 1. The predicted molar refractivity (Wildman–Crippen MR) is 82.8 cm³/mol. The SMILES string of the molecule is NCC#Cc1ccc(C(=O)NC2CCN3CCCC23)cc1. The van der Waals surface area contributed by atoms with Gasteiger partial charge in [0.2, 0.25) is 0 Å². The summed E-state index contributed by atoms with van der Waals surface area (Å²) in [5, 5.41) is 3.19. The summed E-state index contributed by atoms with van der Waals surface area (Å²) >= 11 is 0. The highest BCUT2D eigenvalue weighted by atomic mass is 16.1. The van der Waals surface area contributed by atoms with E-state index in [1.807, 2.05) is 24.3 Å². The van der Waals surface area contributed by atoms with Crippen molar-refractivity contribution in [1.82, 2.24) is 10.2 Å². The summed E-state index contributed by atoms with van der Waals surface area (Å²) in [6.07, 6.45) is 3.53. The first-order valence-electron chi connectivity index (χ1n) is 7.62. The molecule has 21 heavy (non-hydrogen) atoms. The Balaban J connectivity index is 1.62. The first-order chi connectivity index (χ1) is 10.3. The minimum Gasteiger partial charge on any atom is -0.348 e. The maximum atomic E-state index is 12.3. The zero-order valence-electron chi connectivity index (χ0n) is 12.1. The van der Waals surface area contributed by atoms with Crippen LogP contribution < -0.4 is 11.1 Å². The molecule has 1 aromatic carbocycles. The number of carbonyl (C=O) groups excluding carboxylic acids is 1. The summed E-state index contributed by atoms with van der Waals surface area (Å²) < 4.78 is 0. The fraction of sp³-hybridized carbons (Fsp3) is 0.471. The monoisotopic (exact) mass is 283 g/mol. The van der Waals surface area contributed by atoms with Gasteiger partial charge in [-0.3, -0.25) is 9.69 Å². The van der Waals surface area contributed by atoms with Crippen molar-refractivity contribution in [2.24, 2.45) is 5.73 Å². The van der Waals surface area contributed by atoms with Crippen LogP contribution in [-0.2, 0) is 0 Å². The lowest BCUT2D eigenvalue weighted by Crippen LogP contribution is -2.42. The lowest BCUT2D eigenvalue weighted by Gasteiger charge is -2.21. The second kappa shape index (κ2) is 6.30. The molecule has 2 atom stereocenters. The summed E-state index contributed by atoms with van der Waals surface area (Å²) in [6, 6.07) is 8.25. The molecule has 0 spiro atoms. The van der Waals surface area contributed by atoms with Gasteiger partial charge in [-0.05, 0) is 50.1 Å². The van der Waals surface area contributed by atoms with Crippen LogP contribution in [0, 0.1) is 11.8 Å². The largest absolute Gasteiger partial charge is 0.348 e. The highest BCUT2D eigenvalue weighted by molar-refractivity contribution is 5.94. The molecule has 110 valence electrons. The molecular weight excluding hydrogens is 262 g/mol. The van der Waals surface area contributed by atoms with Crippen LogP contribution in [0.3, 0.4) is 0 Å². The Hall–Kier alpha value is -1.83. The zero-order valence-corrected chi connectivity index (χ0v) is 12.1. The predicted octanol–water partition coefficient (Wildman–Crippen LogP) is 0.963. The quantitative estimate of drug-likeness (QED) is 0.795. The number of rotatable bonds is 2. The van der Waals surface area contributed by atoms with Crippen molar-refractivity contribution in [2.75, 3.05) is 19.6 Å². The number of nitrogens with one attached hydrogen (secondary N) is 1. The van der Waals surface area contributed by atoms with E-state index in [0.717, 1.165) is 18.5 Å². The lowest BCUT2D eigenvalue weighted by molar-refractivity contribution is 0.0929. The van der Waals surface area contributed by atoms with Gasteiger partial charge in [0.25, 0.3) is 5.91 Å². The number of nitrogens with zero attached hydrogens (tertiary/aromatic N) is 1. The molecule has 2 unspecified atom stereocenters. The number of carbonyl (C=O) groups is 1. The van der Waals surface area contributed by atoms with Crippen LogP contribution in [0.5, 0.6) is 0 Å². The Kier molecular flexibility index (Phi) is 4.23. The van der Waals surface area contributed by atoms with Crippen LogP contribution >= 0.6 is 0 Å². The van der Waals surface area contributed by atoms with Gasteiger partial charge >= 0.3 is 0 Å². The number of fused-ring (bicyclic) bond motifs is 1. The molecule has 1 aromatic rings. The number of hydrogen-bond acceptors (Lipinski definition) is 3. The summed E-state index contributed by atoms with van der Waals surface area (Å²) in [5.41, 5.74) is 6.93. The van der Waals surface area contributed by atoms with Crippen LogP contribution in [0.25, 0.3) is 0 Å². The van der Waals surface area contributed by atoms with E-state index < -0.39 is 0 Å². The van der Waals surface area contributed by atoms with Gasteiger partial charge in [-0.25, -0.2) is 0 Å². The summed E-state index contributed by atoms with van der Waals surface area (Å²) in [7, 11) is 0. The summed E-state index contributed by atoms with van der Waals surface area (Å²) in [5.74, 6) is 5.79. The molecule has 4 nitrogen and oxygen atoms in total. The third-order valence-electron chi connectivity index (χ3n) is 4.40. The minimum absolute atomic E-state index is 0.0204. The molecule has 3 rings (SSSR count). The van der Waals surface area contributed by atoms with Crippen LogP contribution in [0.2, 0.25) is 0 Å². The van der Waals surface area contributed by atoms with Gasteiger partial charge in [-0.1, -0.05) is 11.8 Å². The molecule has 0 radical (unpaired) electrons. The van der Waals surface area contributed by atoms with E-state index in [0.29, 0.717) is 24.2 Å². The Labute approximate surface area is 125 Å². The van der Waals surface area contributed by atoms with Gasteiger partial charge in [0.15, 0.2) is 0 Å². The first-order valence-corrected chi connectivity index (χ1v) is 7.62. The van der Waals surface area contributed by atoms with E-state index >= 15 is 0 Å². The first kappa shape index (κ1) is 14.1. The van der Waals surface area contributed by atoms with Gasteiger partial charge in [0.05, 0.1) is 6.54 Å². The standard InChI is InChI=1S/C17H21N3O/c18-10-1-3-13-5-7-14(8-6-13)17(21)19-15-9-12-20-11-2-4-16(15)20/h5-8,15-16H,2,4,9-12,18H2,(H,19,21). The van der Waals surface area contributed by atoms with Crippen LogP contribution in [0.15, 0.2) is 24.3 Å². The topological polar surface area (TPSA) is 58.4 Å². The van der Waals surface area contributed by atoms with Crippen molar-refractivity contribution in [1.29, 1.82) is 0 Å². The van der Waals surface area contributed by atoms with Gasteiger partial charge in [0.1, 0.15) is 0 Å². The van der Waals surface area contributed by atoms with E-state index in [9.17, 15) is 4.79 Å². The normalized spacial score (nSPS) is 24.2. The van der Waals surface area contributed by atoms with Gasteiger partial charge < -0.3 is 11.1 Å². The Morgan fingerprint density at radius 3 is 2.86 bits per heavy atom. The fourth-order valence-electron chi connectivity index (χ4n) is 3.36. The van der Waals surface area contributed by atoms with Gasteiger partial charge in [-0.15, -0.1) is 0 Å². The van der Waals surface area contributed by atoms with Crippen molar-refractivity contribution in [2.45, 2.75) is 31.3 Å². The van der Waals surface area contributed by atoms with Crippen molar-refractivity contribution in [3.05, 3.63) is 35.4 Å². The smallest absolute Gasteiger partial charge is 0.251 e. The van der Waals surface area contributed by atoms with Crippen LogP contribution in [-0.4, -0.2) is 42.5 Å². The zero-order chi connectivity index (χ0) is 14.7. The second-order valence-corrected chi connectivity index (χ2v) is 5.70. The van der Waals surface area contributed by atoms with Crippen LogP contribution in [0.4, 0.5) is 0 Å². The molecular formula is C17H21N3O. The molecule has 0 saturated carbocycles. The second-order valence-electron chi connectivity index (χ2n) is 5.70. The van der Waals surface area contributed by atoms with E-state index in [-0.39, 0.29) is 5.91 Å². The van der Waals surface area contributed by atoms with Crippen molar-refractivity contribution >= 4 is 5.91 Å². The number of nitrogens with two attached hydrogens (primary N) is 1. The summed E-state index contributed by atoms with van der Waals surface area (Å²) in [4.78, 5) is 14.8. The molecule has 1 amide bonds. The fourth-order valence-corrected chi connectivity index (χ4v) is 3.36. The molecule has 0 aromatic heterocycles. The molecule has 3 N–H and O–H groups in total. The maximum Gasteiger partial charge on any atom is 0.251 e. The van der Waals surface area contributed by atoms with E-state index in [4.69, 9.17) is 5.73 Å². The molecule has 4 heteroatoms. The minimum atomic E-state index is 0.0204. The average Bonchev–Trinajstić information content (AvgIpc) is 3.10. The molecule has 0 aliphatic carbocycles. The van der Waals surface area contributed by atoms with Crippen molar-refractivity contribution < 1.29 is 4.79 Å². The lowest BCUT2D eigenvalue weighted by atomic mass is 10.1. The van der Waals surface area contributed by atoms with Gasteiger partial charge in [-0.2, -0.15) is 0 Å². The molecule has 2 aliphatic rings. The number of amides is 1. The Bertz CT molecular complexity index is 570. The highest BCUT2D eigenvalue weighted by Crippen LogP contribution is 2.28. The van der Waals surface area contributed by atoms with Crippen molar-refractivity contribution in [3.63, 3.8) is 0 Å². The Morgan fingerprint density at radius 2 is 2.10 bits per heavy atom. The molecule has 0 bridgehead atoms. The maximum absolute atomic E-state index is 12.3. The molecule has 2 fully saturated rings. The third-order valence-corrected chi connectivity index (χ3v) is 4.40. The van der Waals surface area contributed by atoms with E-state index in [1.165, 1.54) is 19.4 Å².